The number of phenolic OH excluding ortho intramolecular Hbond substituents is 1. The number of phenols is 1. The van der Waals surface area contributed by atoms with Crippen LogP contribution in [0.4, 0.5) is 14.5 Å². The van der Waals surface area contributed by atoms with Gasteiger partial charge in [-0.25, -0.2) is 8.78 Å². The Morgan fingerprint density at radius 3 is 2.60 bits per heavy atom. The van der Waals surface area contributed by atoms with E-state index in [0.717, 1.165) is 24.3 Å². The Morgan fingerprint density at radius 2 is 1.95 bits per heavy atom. The van der Waals surface area contributed by atoms with Gasteiger partial charge in [-0.3, -0.25) is 4.79 Å². The van der Waals surface area contributed by atoms with Gasteiger partial charge in [0.05, 0.1) is 10.0 Å². The summed E-state index contributed by atoms with van der Waals surface area (Å²) in [6.07, 6.45) is 0. The summed E-state index contributed by atoms with van der Waals surface area (Å²) in [5.74, 6) is -2.29. The van der Waals surface area contributed by atoms with Crippen LogP contribution in [-0.4, -0.2) is 11.0 Å². The van der Waals surface area contributed by atoms with Crippen LogP contribution in [0.25, 0.3) is 0 Å². The van der Waals surface area contributed by atoms with Crippen molar-refractivity contribution in [2.24, 2.45) is 0 Å². The van der Waals surface area contributed by atoms with Crippen molar-refractivity contribution in [1.82, 2.24) is 0 Å². The zero-order valence-corrected chi connectivity index (χ0v) is 12.0. The Kier molecular flexibility index (Phi) is 4.04. The van der Waals surface area contributed by atoms with Crippen molar-refractivity contribution < 1.29 is 18.7 Å². The first-order chi connectivity index (χ1) is 9.38. The molecular weight excluding hydrogens is 332 g/mol. The lowest BCUT2D eigenvalue weighted by molar-refractivity contribution is 0.102. The molecule has 0 aliphatic heterocycles. The van der Waals surface area contributed by atoms with Crippen LogP contribution in [0.5, 0.6) is 5.75 Å². The molecule has 2 aromatic carbocycles. The van der Waals surface area contributed by atoms with E-state index < -0.39 is 23.3 Å². The van der Waals surface area contributed by atoms with Gasteiger partial charge in [0.1, 0.15) is 17.4 Å². The van der Waals surface area contributed by atoms with Crippen molar-refractivity contribution in [3.63, 3.8) is 0 Å². The van der Waals surface area contributed by atoms with Crippen LogP contribution in [0, 0.1) is 18.6 Å². The van der Waals surface area contributed by atoms with Gasteiger partial charge in [0.25, 0.3) is 5.91 Å². The highest BCUT2D eigenvalue weighted by Crippen LogP contribution is 2.25. The lowest BCUT2D eigenvalue weighted by Crippen LogP contribution is -2.13. The molecule has 0 radical (unpaired) electrons. The zero-order valence-electron chi connectivity index (χ0n) is 10.4. The molecule has 0 heterocycles. The molecule has 0 atom stereocenters. The number of anilines is 1. The lowest BCUT2D eigenvalue weighted by atomic mass is 10.1. The first-order valence-corrected chi connectivity index (χ1v) is 6.43. The summed E-state index contributed by atoms with van der Waals surface area (Å²) in [5.41, 5.74) is 0.835. The Bertz CT molecular complexity index is 689. The van der Waals surface area contributed by atoms with Gasteiger partial charge in [-0.15, -0.1) is 0 Å². The van der Waals surface area contributed by atoms with Crippen molar-refractivity contribution in [2.75, 3.05) is 5.32 Å². The van der Waals surface area contributed by atoms with Crippen LogP contribution in [0.3, 0.4) is 0 Å². The Labute approximate surface area is 122 Å². The third kappa shape index (κ3) is 2.96. The van der Waals surface area contributed by atoms with Crippen molar-refractivity contribution in [2.45, 2.75) is 6.92 Å². The van der Waals surface area contributed by atoms with Gasteiger partial charge in [0.15, 0.2) is 0 Å². The molecular formula is C14H10BrF2NO2. The van der Waals surface area contributed by atoms with Gasteiger partial charge in [0.2, 0.25) is 0 Å². The molecule has 0 aliphatic carbocycles. The number of benzene rings is 2. The predicted molar refractivity (Wildman–Crippen MR) is 74.9 cm³/mol. The molecule has 3 nitrogen and oxygen atoms in total. The van der Waals surface area contributed by atoms with Crippen LogP contribution < -0.4 is 5.32 Å². The number of hydrogen-bond donors (Lipinski definition) is 2. The van der Waals surface area contributed by atoms with Gasteiger partial charge in [-0.2, -0.15) is 0 Å². The number of carbonyl (C=O) groups excluding carboxylic acids is 1. The normalized spacial score (nSPS) is 10.4. The van der Waals surface area contributed by atoms with Gasteiger partial charge < -0.3 is 10.4 Å². The van der Waals surface area contributed by atoms with E-state index in [1.54, 1.807) is 6.92 Å². The van der Waals surface area contributed by atoms with Crippen molar-refractivity contribution in [3.05, 3.63) is 57.6 Å². The number of aromatic hydroxyl groups is 1. The van der Waals surface area contributed by atoms with Crippen molar-refractivity contribution in [1.29, 1.82) is 0 Å². The van der Waals surface area contributed by atoms with Gasteiger partial charge in [-0.1, -0.05) is 0 Å². The fraction of sp³-hybridized carbons (Fsp3) is 0.0714. The maximum Gasteiger partial charge on any atom is 0.259 e. The minimum absolute atomic E-state index is 0.0888. The van der Waals surface area contributed by atoms with E-state index in [9.17, 15) is 18.7 Å². The Balaban J connectivity index is 2.30. The summed E-state index contributed by atoms with van der Waals surface area (Å²) in [6.45, 7) is 1.70. The molecule has 6 heteroatoms. The predicted octanol–water partition coefficient (Wildman–Crippen LogP) is 3.99. The second-order valence-electron chi connectivity index (χ2n) is 4.20. The molecule has 20 heavy (non-hydrogen) atoms. The summed E-state index contributed by atoms with van der Waals surface area (Å²) in [4.78, 5) is 12.0. The minimum Gasteiger partial charge on any atom is -0.507 e. The molecule has 2 aromatic rings. The van der Waals surface area contributed by atoms with E-state index in [-0.39, 0.29) is 15.7 Å². The van der Waals surface area contributed by atoms with E-state index in [1.165, 1.54) is 6.07 Å². The number of aryl methyl sites for hydroxylation is 1. The first-order valence-electron chi connectivity index (χ1n) is 5.64. The maximum absolute atomic E-state index is 13.4. The summed E-state index contributed by atoms with van der Waals surface area (Å²) in [6, 6.07) is 5.74. The second-order valence-corrected chi connectivity index (χ2v) is 5.05. The molecule has 1 amide bonds. The summed E-state index contributed by atoms with van der Waals surface area (Å²) < 4.78 is 26.6. The third-order valence-corrected chi connectivity index (χ3v) is 3.33. The number of hydrogen-bond acceptors (Lipinski definition) is 2. The Hall–Kier alpha value is -1.95. The van der Waals surface area contributed by atoms with E-state index in [0.29, 0.717) is 5.56 Å². The standard InChI is InChI=1S/C14H10BrF2NO2/c1-7-4-10(15)11(17)6-12(7)18-14(20)9-3-2-8(16)5-13(9)19/h2-6,19H,1H3,(H,18,20). The number of nitrogens with one attached hydrogen (secondary N) is 1. The smallest absolute Gasteiger partial charge is 0.259 e. The van der Waals surface area contributed by atoms with Crippen LogP contribution >= 0.6 is 15.9 Å². The highest BCUT2D eigenvalue weighted by atomic mass is 79.9. The van der Waals surface area contributed by atoms with E-state index in [1.807, 2.05) is 0 Å². The molecule has 2 rings (SSSR count). The van der Waals surface area contributed by atoms with Gasteiger partial charge in [-0.05, 0) is 52.7 Å². The maximum atomic E-state index is 13.4. The average Bonchev–Trinajstić information content (AvgIpc) is 2.35. The van der Waals surface area contributed by atoms with E-state index in [2.05, 4.69) is 21.2 Å². The van der Waals surface area contributed by atoms with Crippen molar-refractivity contribution in [3.8, 4) is 5.75 Å². The summed E-state index contributed by atoms with van der Waals surface area (Å²) in [5, 5.41) is 12.0. The largest absolute Gasteiger partial charge is 0.507 e. The second kappa shape index (κ2) is 5.58. The fourth-order valence-corrected chi connectivity index (χ4v) is 2.13. The molecule has 0 saturated heterocycles. The number of halogens is 3. The topological polar surface area (TPSA) is 49.3 Å². The SMILES string of the molecule is Cc1cc(Br)c(F)cc1NC(=O)c1ccc(F)cc1O. The van der Waals surface area contributed by atoms with E-state index in [4.69, 9.17) is 0 Å². The molecule has 0 aliphatic rings. The highest BCUT2D eigenvalue weighted by molar-refractivity contribution is 9.10. The molecule has 0 unspecified atom stereocenters. The van der Waals surface area contributed by atoms with Crippen LogP contribution in [-0.2, 0) is 0 Å². The van der Waals surface area contributed by atoms with E-state index >= 15 is 0 Å². The summed E-state index contributed by atoms with van der Waals surface area (Å²) in [7, 11) is 0. The summed E-state index contributed by atoms with van der Waals surface area (Å²) >= 11 is 3.04. The number of rotatable bonds is 2. The van der Waals surface area contributed by atoms with Crippen LogP contribution in [0.1, 0.15) is 15.9 Å². The van der Waals surface area contributed by atoms with Gasteiger partial charge in [0, 0.05) is 11.8 Å². The minimum atomic E-state index is -0.648. The third-order valence-electron chi connectivity index (χ3n) is 2.72. The first kappa shape index (κ1) is 14.5. The van der Waals surface area contributed by atoms with Gasteiger partial charge >= 0.3 is 0 Å². The lowest BCUT2D eigenvalue weighted by Gasteiger charge is -2.10. The zero-order chi connectivity index (χ0) is 14.9. The van der Waals surface area contributed by atoms with Crippen LogP contribution in [0.2, 0.25) is 0 Å². The molecule has 2 N–H and O–H groups in total. The number of amides is 1. The average molecular weight is 342 g/mol. The Morgan fingerprint density at radius 1 is 1.25 bits per heavy atom. The molecule has 0 aromatic heterocycles. The molecule has 0 fully saturated rings. The van der Waals surface area contributed by atoms with Crippen molar-refractivity contribution >= 4 is 27.5 Å². The highest BCUT2D eigenvalue weighted by Gasteiger charge is 2.14. The number of carbonyl (C=O) groups is 1. The molecule has 0 saturated carbocycles. The quantitative estimate of drug-likeness (QED) is 0.867. The fourth-order valence-electron chi connectivity index (χ4n) is 1.67. The molecule has 0 bridgehead atoms. The van der Waals surface area contributed by atoms with Crippen LogP contribution in [0.15, 0.2) is 34.8 Å². The monoisotopic (exact) mass is 341 g/mol. The molecule has 0 spiro atoms. The molecule has 104 valence electrons.